The molecule has 96 valence electrons. The van der Waals surface area contributed by atoms with E-state index in [0.717, 1.165) is 18.4 Å². The lowest BCUT2D eigenvalue weighted by atomic mass is 10.1. The molecule has 1 fully saturated rings. The van der Waals surface area contributed by atoms with Crippen molar-refractivity contribution in [3.05, 3.63) is 54.1 Å². The van der Waals surface area contributed by atoms with E-state index in [0.29, 0.717) is 6.54 Å². The molecule has 0 radical (unpaired) electrons. The predicted octanol–water partition coefficient (Wildman–Crippen LogP) is 2.95. The Bertz CT molecular complexity index is 410. The van der Waals surface area contributed by atoms with Crippen molar-refractivity contribution in [3.8, 4) is 0 Å². The van der Waals surface area contributed by atoms with Crippen molar-refractivity contribution in [2.45, 2.75) is 25.3 Å². The van der Waals surface area contributed by atoms with Crippen molar-refractivity contribution in [3.63, 3.8) is 0 Å². The predicted molar refractivity (Wildman–Crippen MR) is 72.8 cm³/mol. The zero-order valence-electron chi connectivity index (χ0n) is 10.5. The third-order valence-electron chi connectivity index (χ3n) is 3.02. The van der Waals surface area contributed by atoms with Crippen molar-refractivity contribution in [1.82, 2.24) is 4.90 Å². The van der Waals surface area contributed by atoms with Crippen LogP contribution in [0.25, 0.3) is 0 Å². The Labute approximate surface area is 107 Å². The number of nitrogens with zero attached hydrogens (tertiary/aromatic N) is 2. The molecule has 0 saturated carbocycles. The van der Waals surface area contributed by atoms with Crippen LogP contribution in [0.1, 0.15) is 19.3 Å². The molecule has 4 heteroatoms. The molecule has 1 aliphatic heterocycles. The van der Waals surface area contributed by atoms with Gasteiger partial charge < -0.3 is 4.90 Å². The van der Waals surface area contributed by atoms with Crippen molar-refractivity contribution >= 4 is 5.91 Å². The van der Waals surface area contributed by atoms with Gasteiger partial charge in [0.2, 0.25) is 5.91 Å². The summed E-state index contributed by atoms with van der Waals surface area (Å²) >= 11 is 0. The number of amides is 1. The van der Waals surface area contributed by atoms with Gasteiger partial charge in [-0.3, -0.25) is 4.79 Å². The van der Waals surface area contributed by atoms with Gasteiger partial charge >= 0.3 is 0 Å². The van der Waals surface area contributed by atoms with Crippen LogP contribution in [0.3, 0.4) is 0 Å². The van der Waals surface area contributed by atoms with E-state index in [9.17, 15) is 9.70 Å². The molecule has 0 N–H and O–H groups in total. The van der Waals surface area contributed by atoms with Crippen LogP contribution in [0.15, 0.2) is 54.4 Å². The molecule has 0 spiro atoms. The molecule has 1 saturated heterocycles. The van der Waals surface area contributed by atoms with Crippen LogP contribution in [0.2, 0.25) is 0 Å². The lowest BCUT2D eigenvalue weighted by Crippen LogP contribution is -2.36. The van der Waals surface area contributed by atoms with Crippen LogP contribution < -0.4 is 0 Å². The third kappa shape index (κ3) is 3.26. The fourth-order valence-electron chi connectivity index (χ4n) is 2.10. The second-order valence-electron chi connectivity index (χ2n) is 4.19. The molecule has 0 aromatic heterocycles. The molecule has 1 rings (SSSR count). The van der Waals surface area contributed by atoms with E-state index in [1.807, 2.05) is 0 Å². The van der Waals surface area contributed by atoms with Crippen LogP contribution in [-0.2, 0) is 4.79 Å². The van der Waals surface area contributed by atoms with Crippen LogP contribution in [-0.4, -0.2) is 23.4 Å². The first-order valence-corrected chi connectivity index (χ1v) is 5.89. The number of carbonyl (C=O) groups excluding carboxylic acids is 1. The van der Waals surface area contributed by atoms with E-state index < -0.39 is 0 Å². The topological polar surface area (TPSA) is 49.7 Å². The molecule has 0 bridgehead atoms. The zero-order chi connectivity index (χ0) is 13.5. The number of rotatable bonds is 6. The highest BCUT2D eigenvalue weighted by molar-refractivity contribution is 5.80. The maximum atomic E-state index is 12.1. The molecule has 1 amide bonds. The van der Waals surface area contributed by atoms with Gasteiger partial charge in [0.1, 0.15) is 5.70 Å². The van der Waals surface area contributed by atoms with E-state index >= 15 is 0 Å². The quantitative estimate of drug-likeness (QED) is 0.534. The molecule has 0 aromatic carbocycles. The minimum Gasteiger partial charge on any atom is -0.334 e. The molecule has 0 aliphatic carbocycles. The number of hydrogen-bond acceptors (Lipinski definition) is 3. The Morgan fingerprint density at radius 1 is 1.44 bits per heavy atom. The molecule has 18 heavy (non-hydrogen) atoms. The summed E-state index contributed by atoms with van der Waals surface area (Å²) in [4.78, 5) is 24.3. The Balaban J connectivity index is 2.74. The molecule has 1 aliphatic rings. The van der Waals surface area contributed by atoms with Crippen molar-refractivity contribution in [2.75, 3.05) is 6.54 Å². The van der Waals surface area contributed by atoms with Gasteiger partial charge in [0.25, 0.3) is 0 Å². The molecule has 1 unspecified atom stereocenters. The second-order valence-corrected chi connectivity index (χ2v) is 4.19. The Morgan fingerprint density at radius 2 is 2.17 bits per heavy atom. The van der Waals surface area contributed by atoms with E-state index in [-0.39, 0.29) is 24.1 Å². The van der Waals surface area contributed by atoms with Gasteiger partial charge in [0, 0.05) is 6.54 Å². The Kier molecular flexibility index (Phi) is 5.24. The van der Waals surface area contributed by atoms with Crippen LogP contribution in [0, 0.1) is 4.91 Å². The first-order chi connectivity index (χ1) is 8.63. The highest BCUT2D eigenvalue weighted by Gasteiger charge is 2.31. The summed E-state index contributed by atoms with van der Waals surface area (Å²) in [5.41, 5.74) is 1.04. The molecule has 1 heterocycles. The van der Waals surface area contributed by atoms with E-state index in [4.69, 9.17) is 0 Å². The first-order valence-electron chi connectivity index (χ1n) is 5.89. The number of hydrogen-bond donors (Lipinski definition) is 0. The molecule has 0 aromatic rings. The summed E-state index contributed by atoms with van der Waals surface area (Å²) in [7, 11) is 0. The second kappa shape index (κ2) is 6.69. The summed E-state index contributed by atoms with van der Waals surface area (Å²) < 4.78 is 0. The lowest BCUT2D eigenvalue weighted by molar-refractivity contribution is -0.130. The summed E-state index contributed by atoms with van der Waals surface area (Å²) in [6, 6.07) is -0.246. The van der Waals surface area contributed by atoms with Gasteiger partial charge in [-0.25, -0.2) is 0 Å². The molecule has 4 nitrogen and oxygen atoms in total. The Morgan fingerprint density at radius 3 is 2.72 bits per heavy atom. The van der Waals surface area contributed by atoms with Crippen molar-refractivity contribution < 1.29 is 4.79 Å². The van der Waals surface area contributed by atoms with Gasteiger partial charge in [0.15, 0.2) is 0 Å². The van der Waals surface area contributed by atoms with Gasteiger partial charge in [0.05, 0.1) is 12.5 Å². The number of allylic oxidation sites excluding steroid dienone is 3. The van der Waals surface area contributed by atoms with Crippen LogP contribution in [0.4, 0.5) is 0 Å². The van der Waals surface area contributed by atoms with Gasteiger partial charge in [-0.05, 0) is 23.6 Å². The average Bonchev–Trinajstić information content (AvgIpc) is 2.86. The average molecular weight is 246 g/mol. The normalized spacial score (nSPS) is 19.4. The van der Waals surface area contributed by atoms with Gasteiger partial charge in [-0.15, -0.1) is 4.91 Å². The minimum absolute atomic E-state index is 0.0321. The van der Waals surface area contributed by atoms with E-state index in [1.54, 1.807) is 23.1 Å². The summed E-state index contributed by atoms with van der Waals surface area (Å²) in [6.45, 7) is 11.5. The lowest BCUT2D eigenvalue weighted by Gasteiger charge is -2.23. The largest absolute Gasteiger partial charge is 0.334 e. The number of nitroso groups, excluding NO2 is 1. The van der Waals surface area contributed by atoms with Crippen LogP contribution in [0.5, 0.6) is 0 Å². The summed E-state index contributed by atoms with van der Waals surface area (Å²) in [5, 5.41) is 2.85. The molecular weight excluding hydrogens is 228 g/mol. The van der Waals surface area contributed by atoms with Crippen molar-refractivity contribution in [2.24, 2.45) is 5.18 Å². The van der Waals surface area contributed by atoms with Crippen molar-refractivity contribution in [1.29, 1.82) is 0 Å². The Hall–Kier alpha value is -1.97. The fourth-order valence-corrected chi connectivity index (χ4v) is 2.10. The maximum absolute atomic E-state index is 12.1. The smallest absolute Gasteiger partial charge is 0.227 e. The maximum Gasteiger partial charge on any atom is 0.227 e. The number of likely N-dealkylation sites (tertiary alicyclic amines) is 1. The third-order valence-corrected chi connectivity index (χ3v) is 3.02. The highest BCUT2D eigenvalue weighted by atomic mass is 16.3. The zero-order valence-corrected chi connectivity index (χ0v) is 10.5. The highest BCUT2D eigenvalue weighted by Crippen LogP contribution is 2.25. The molecule has 1 atom stereocenters. The standard InChI is InChI=1S/C14H18N2O2/c1-4-7-12(5-2)10-14(17)16-9-6-8-13(16)11(3)15-18/h4-5,7,13H,1-3,6,8-10H2/b12-7+. The van der Waals surface area contributed by atoms with E-state index in [2.05, 4.69) is 24.9 Å². The van der Waals surface area contributed by atoms with E-state index in [1.165, 1.54) is 0 Å². The summed E-state index contributed by atoms with van der Waals surface area (Å²) in [6.07, 6.45) is 6.90. The fraction of sp³-hybridized carbons (Fsp3) is 0.357. The molecular formula is C14H18N2O2. The van der Waals surface area contributed by atoms with Gasteiger partial charge in [-0.1, -0.05) is 38.0 Å². The monoisotopic (exact) mass is 246 g/mol. The van der Waals surface area contributed by atoms with Gasteiger partial charge in [-0.2, -0.15) is 0 Å². The summed E-state index contributed by atoms with van der Waals surface area (Å²) in [5.74, 6) is -0.0321. The van der Waals surface area contributed by atoms with Crippen LogP contribution >= 0.6 is 0 Å². The minimum atomic E-state index is -0.246. The number of carbonyl (C=O) groups is 1. The SMILES string of the molecule is C=C/C=C(\C=C)CC(=O)N1CCCC1C(=C)N=O. The first kappa shape index (κ1) is 14.1.